The van der Waals surface area contributed by atoms with Gasteiger partial charge in [0.05, 0.1) is 17.9 Å². The molecule has 3 N–H and O–H groups in total. The molecule has 1 fully saturated rings. The van der Waals surface area contributed by atoms with Gasteiger partial charge in [-0.15, -0.1) is 0 Å². The van der Waals surface area contributed by atoms with Crippen molar-refractivity contribution in [1.82, 2.24) is 5.32 Å². The Bertz CT molecular complexity index is 265. The number of nitrogens with one attached hydrogen (secondary N) is 1. The molecule has 0 spiro atoms. The lowest BCUT2D eigenvalue weighted by Crippen LogP contribution is -2.41. The molecule has 1 amide bonds. The van der Waals surface area contributed by atoms with E-state index in [0.717, 1.165) is 12.8 Å². The van der Waals surface area contributed by atoms with Gasteiger partial charge >= 0.3 is 5.97 Å². The first-order valence-corrected chi connectivity index (χ1v) is 5.71. The van der Waals surface area contributed by atoms with Gasteiger partial charge in [0.1, 0.15) is 0 Å². The molecule has 0 aromatic carbocycles. The zero-order valence-corrected chi connectivity index (χ0v) is 9.48. The van der Waals surface area contributed by atoms with Crippen molar-refractivity contribution in [3.63, 3.8) is 0 Å². The van der Waals surface area contributed by atoms with Crippen molar-refractivity contribution in [2.24, 2.45) is 11.8 Å². The van der Waals surface area contributed by atoms with Crippen molar-refractivity contribution < 1.29 is 19.8 Å². The van der Waals surface area contributed by atoms with Crippen LogP contribution in [0.1, 0.15) is 32.6 Å². The Balaban J connectivity index is 2.54. The van der Waals surface area contributed by atoms with E-state index in [-0.39, 0.29) is 12.5 Å². The molecule has 0 aliphatic heterocycles. The molecule has 5 heteroatoms. The third kappa shape index (κ3) is 3.48. The maximum Gasteiger partial charge on any atom is 0.307 e. The lowest BCUT2D eigenvalue weighted by Gasteiger charge is -2.27. The summed E-state index contributed by atoms with van der Waals surface area (Å²) in [6, 6.07) is 0. The van der Waals surface area contributed by atoms with Gasteiger partial charge in [0.15, 0.2) is 0 Å². The molecule has 1 aliphatic carbocycles. The van der Waals surface area contributed by atoms with Crippen LogP contribution in [0.4, 0.5) is 0 Å². The second kappa shape index (κ2) is 5.84. The average molecular weight is 229 g/mol. The Morgan fingerprint density at radius 2 is 1.88 bits per heavy atom. The van der Waals surface area contributed by atoms with Crippen molar-refractivity contribution in [2.45, 2.75) is 38.7 Å². The topological polar surface area (TPSA) is 86.6 Å². The van der Waals surface area contributed by atoms with Crippen molar-refractivity contribution in [2.75, 3.05) is 6.54 Å². The number of carbonyl (C=O) groups excluding carboxylic acids is 1. The molecule has 5 nitrogen and oxygen atoms in total. The summed E-state index contributed by atoms with van der Waals surface area (Å²) >= 11 is 0. The highest BCUT2D eigenvalue weighted by molar-refractivity contribution is 5.84. The molecule has 1 aliphatic rings. The van der Waals surface area contributed by atoms with E-state index < -0.39 is 23.9 Å². The standard InChI is InChI=1S/C11H19NO4/c1-7(13)6-12-10(14)8-4-2-3-5-9(8)11(15)16/h7-9,13H,2-6H2,1H3,(H,12,14)(H,15,16)/t7-,8?,9?/m0/s1. The lowest BCUT2D eigenvalue weighted by atomic mass is 9.78. The number of amides is 1. The van der Waals surface area contributed by atoms with E-state index in [1.807, 2.05) is 0 Å². The molecule has 1 saturated carbocycles. The number of carboxylic acids is 1. The average Bonchev–Trinajstić information content (AvgIpc) is 2.25. The Morgan fingerprint density at radius 3 is 2.38 bits per heavy atom. The second-order valence-electron chi connectivity index (χ2n) is 4.43. The molecule has 0 bridgehead atoms. The van der Waals surface area contributed by atoms with E-state index in [1.165, 1.54) is 0 Å². The first-order valence-electron chi connectivity index (χ1n) is 5.71. The quantitative estimate of drug-likeness (QED) is 0.650. The summed E-state index contributed by atoms with van der Waals surface area (Å²) < 4.78 is 0. The lowest BCUT2D eigenvalue weighted by molar-refractivity contribution is -0.149. The largest absolute Gasteiger partial charge is 0.481 e. The number of hydrogen-bond donors (Lipinski definition) is 3. The molecule has 16 heavy (non-hydrogen) atoms. The number of rotatable bonds is 4. The Morgan fingerprint density at radius 1 is 1.31 bits per heavy atom. The predicted octanol–water partition coefficient (Wildman–Crippen LogP) is 0.374. The van der Waals surface area contributed by atoms with Gasteiger partial charge in [-0.1, -0.05) is 12.8 Å². The minimum Gasteiger partial charge on any atom is -0.481 e. The summed E-state index contributed by atoms with van der Waals surface area (Å²) in [5.74, 6) is -2.14. The maximum atomic E-state index is 11.7. The van der Waals surface area contributed by atoms with Crippen LogP contribution >= 0.6 is 0 Å². The maximum absolute atomic E-state index is 11.7. The van der Waals surface area contributed by atoms with E-state index in [9.17, 15) is 9.59 Å². The molecule has 2 unspecified atom stereocenters. The van der Waals surface area contributed by atoms with Crippen LogP contribution in [-0.2, 0) is 9.59 Å². The summed E-state index contributed by atoms with van der Waals surface area (Å²) in [5.41, 5.74) is 0. The van der Waals surface area contributed by atoms with Crippen molar-refractivity contribution in [3.05, 3.63) is 0 Å². The SMILES string of the molecule is C[C@H](O)CNC(=O)C1CCCCC1C(=O)O. The number of carboxylic acid groups (broad SMARTS) is 1. The molecule has 92 valence electrons. The monoisotopic (exact) mass is 229 g/mol. The van der Waals surface area contributed by atoms with Crippen LogP contribution in [0, 0.1) is 11.8 Å². The van der Waals surface area contributed by atoms with Gasteiger partial charge in [0.2, 0.25) is 5.91 Å². The molecule has 0 heterocycles. The number of hydrogen-bond acceptors (Lipinski definition) is 3. The van der Waals surface area contributed by atoms with Gasteiger partial charge in [-0.05, 0) is 19.8 Å². The Labute approximate surface area is 94.8 Å². The summed E-state index contributed by atoms with van der Waals surface area (Å²) in [6.45, 7) is 1.76. The van der Waals surface area contributed by atoms with Crippen LogP contribution in [0.15, 0.2) is 0 Å². The summed E-state index contributed by atoms with van der Waals surface area (Å²) in [5, 5.41) is 20.6. The number of aliphatic hydroxyl groups excluding tert-OH is 1. The molecular weight excluding hydrogens is 210 g/mol. The predicted molar refractivity (Wildman–Crippen MR) is 57.8 cm³/mol. The fraction of sp³-hybridized carbons (Fsp3) is 0.818. The third-order valence-electron chi connectivity index (χ3n) is 2.99. The second-order valence-corrected chi connectivity index (χ2v) is 4.43. The van der Waals surface area contributed by atoms with E-state index >= 15 is 0 Å². The summed E-state index contributed by atoms with van der Waals surface area (Å²) in [7, 11) is 0. The first kappa shape index (κ1) is 13.0. The molecule has 0 aromatic heterocycles. The van der Waals surface area contributed by atoms with Gasteiger partial charge in [-0.2, -0.15) is 0 Å². The zero-order chi connectivity index (χ0) is 12.1. The third-order valence-corrected chi connectivity index (χ3v) is 2.99. The van der Waals surface area contributed by atoms with E-state index in [2.05, 4.69) is 5.32 Å². The van der Waals surface area contributed by atoms with Crippen LogP contribution in [0.25, 0.3) is 0 Å². The van der Waals surface area contributed by atoms with Crippen LogP contribution in [0.3, 0.4) is 0 Å². The smallest absolute Gasteiger partial charge is 0.307 e. The van der Waals surface area contributed by atoms with Crippen molar-refractivity contribution in [3.8, 4) is 0 Å². The van der Waals surface area contributed by atoms with E-state index in [0.29, 0.717) is 12.8 Å². The fourth-order valence-electron chi connectivity index (χ4n) is 2.12. The van der Waals surface area contributed by atoms with Crippen molar-refractivity contribution in [1.29, 1.82) is 0 Å². The van der Waals surface area contributed by atoms with Gasteiger partial charge in [-0.3, -0.25) is 9.59 Å². The Hall–Kier alpha value is -1.10. The van der Waals surface area contributed by atoms with Gasteiger partial charge in [0.25, 0.3) is 0 Å². The highest BCUT2D eigenvalue weighted by atomic mass is 16.4. The highest BCUT2D eigenvalue weighted by Crippen LogP contribution is 2.30. The van der Waals surface area contributed by atoms with Crippen LogP contribution in [-0.4, -0.2) is 34.7 Å². The minimum absolute atomic E-state index is 0.182. The minimum atomic E-state index is -0.892. The van der Waals surface area contributed by atoms with Crippen molar-refractivity contribution >= 4 is 11.9 Å². The molecule has 0 aromatic rings. The molecule has 0 saturated heterocycles. The van der Waals surface area contributed by atoms with E-state index in [4.69, 9.17) is 10.2 Å². The van der Waals surface area contributed by atoms with Crippen LogP contribution in [0.2, 0.25) is 0 Å². The number of aliphatic carboxylic acids is 1. The zero-order valence-electron chi connectivity index (χ0n) is 9.48. The Kier molecular flexibility index (Phi) is 4.73. The van der Waals surface area contributed by atoms with Crippen LogP contribution in [0.5, 0.6) is 0 Å². The van der Waals surface area contributed by atoms with Gasteiger partial charge in [0, 0.05) is 6.54 Å². The normalized spacial score (nSPS) is 27.1. The molecular formula is C11H19NO4. The fourth-order valence-corrected chi connectivity index (χ4v) is 2.12. The number of aliphatic hydroxyl groups is 1. The van der Waals surface area contributed by atoms with Crippen LogP contribution < -0.4 is 5.32 Å². The summed E-state index contributed by atoms with van der Waals surface area (Å²) in [4.78, 5) is 22.7. The molecule has 3 atom stereocenters. The summed E-state index contributed by atoms with van der Waals surface area (Å²) in [6.07, 6.45) is 2.37. The molecule has 1 rings (SSSR count). The molecule has 0 radical (unpaired) electrons. The first-order chi connectivity index (χ1) is 7.52. The highest BCUT2D eigenvalue weighted by Gasteiger charge is 2.35. The van der Waals surface area contributed by atoms with E-state index in [1.54, 1.807) is 6.92 Å². The van der Waals surface area contributed by atoms with Gasteiger partial charge in [-0.25, -0.2) is 0 Å². The van der Waals surface area contributed by atoms with Gasteiger partial charge < -0.3 is 15.5 Å². The number of carbonyl (C=O) groups is 2.